The van der Waals surface area contributed by atoms with Crippen LogP contribution in [0.25, 0.3) is 0 Å². The van der Waals surface area contributed by atoms with E-state index in [0.717, 1.165) is 18.2 Å². The summed E-state index contributed by atoms with van der Waals surface area (Å²) in [6.07, 6.45) is 6.85. The van der Waals surface area contributed by atoms with Crippen molar-refractivity contribution in [3.63, 3.8) is 0 Å². The van der Waals surface area contributed by atoms with E-state index < -0.39 is 0 Å². The first kappa shape index (κ1) is 12.6. The van der Waals surface area contributed by atoms with E-state index in [2.05, 4.69) is 36.3 Å². The van der Waals surface area contributed by atoms with Crippen molar-refractivity contribution in [1.82, 2.24) is 15.5 Å². The number of hydrogen-bond acceptors (Lipinski definition) is 2. The minimum absolute atomic E-state index is 0.711. The van der Waals surface area contributed by atoms with Gasteiger partial charge >= 0.3 is 0 Å². The molecule has 0 bridgehead atoms. The van der Waals surface area contributed by atoms with Crippen LogP contribution in [0.1, 0.15) is 56.0 Å². The Labute approximate surface area is 104 Å². The quantitative estimate of drug-likeness (QED) is 0.842. The molecule has 1 heterocycles. The average Bonchev–Trinajstić information content (AvgIpc) is 2.67. The molecule has 1 fully saturated rings. The zero-order chi connectivity index (χ0) is 12.3. The molecule has 0 amide bonds. The molecule has 1 aliphatic carbocycles. The lowest BCUT2D eigenvalue weighted by molar-refractivity contribution is 0.278. The molecule has 0 radical (unpaired) electrons. The van der Waals surface area contributed by atoms with Gasteiger partial charge in [-0.2, -0.15) is 5.10 Å². The van der Waals surface area contributed by atoms with E-state index in [1.165, 1.54) is 43.4 Å². The fourth-order valence-corrected chi connectivity index (χ4v) is 2.93. The minimum Gasteiger partial charge on any atom is -0.310 e. The molecule has 3 heteroatoms. The highest BCUT2D eigenvalue weighted by molar-refractivity contribution is 5.22. The number of aromatic nitrogens is 2. The van der Waals surface area contributed by atoms with Gasteiger partial charge in [-0.25, -0.2) is 0 Å². The van der Waals surface area contributed by atoms with E-state index in [1.807, 2.05) is 0 Å². The summed E-state index contributed by atoms with van der Waals surface area (Å²) in [6, 6.07) is 0.711. The molecule has 2 N–H and O–H groups in total. The van der Waals surface area contributed by atoms with Crippen LogP contribution in [0.3, 0.4) is 0 Å². The van der Waals surface area contributed by atoms with Crippen molar-refractivity contribution in [2.24, 2.45) is 5.92 Å². The molecule has 0 saturated heterocycles. The Bertz CT molecular complexity index is 337. The Hall–Kier alpha value is -0.830. The molecule has 1 saturated carbocycles. The summed E-state index contributed by atoms with van der Waals surface area (Å²) in [5, 5.41) is 11.0. The topological polar surface area (TPSA) is 40.7 Å². The molecule has 3 nitrogen and oxygen atoms in total. The van der Waals surface area contributed by atoms with E-state index in [-0.39, 0.29) is 0 Å². The third-order valence-corrected chi connectivity index (χ3v) is 4.21. The molecule has 1 aromatic rings. The highest BCUT2D eigenvalue weighted by atomic mass is 15.1. The first-order valence-electron chi connectivity index (χ1n) is 6.94. The van der Waals surface area contributed by atoms with Crippen molar-refractivity contribution < 1.29 is 0 Å². The van der Waals surface area contributed by atoms with E-state index >= 15 is 0 Å². The van der Waals surface area contributed by atoms with Crippen molar-refractivity contribution in [3.05, 3.63) is 17.0 Å². The smallest absolute Gasteiger partial charge is 0.0638 e. The third-order valence-electron chi connectivity index (χ3n) is 4.21. The Morgan fingerprint density at radius 2 is 2.18 bits per heavy atom. The van der Waals surface area contributed by atoms with Crippen molar-refractivity contribution in [1.29, 1.82) is 0 Å². The number of nitrogens with one attached hydrogen (secondary N) is 2. The molecule has 2 atom stereocenters. The molecule has 1 aliphatic rings. The number of aryl methyl sites for hydroxylation is 2. The highest BCUT2D eigenvalue weighted by Crippen LogP contribution is 2.26. The van der Waals surface area contributed by atoms with Crippen LogP contribution >= 0.6 is 0 Å². The number of aromatic amines is 1. The van der Waals surface area contributed by atoms with Gasteiger partial charge in [0.25, 0.3) is 0 Å². The lowest BCUT2D eigenvalue weighted by atomic mass is 9.84. The second kappa shape index (κ2) is 5.67. The monoisotopic (exact) mass is 235 g/mol. The van der Waals surface area contributed by atoms with Crippen LogP contribution in [-0.4, -0.2) is 16.2 Å². The summed E-state index contributed by atoms with van der Waals surface area (Å²) in [6.45, 7) is 7.47. The standard InChI is InChI=1S/C14H25N3/c1-4-12-6-5-7-13(8-12)15-9-14-10(2)16-17-11(14)3/h12-13,15H,4-9H2,1-3H3,(H,16,17). The van der Waals surface area contributed by atoms with Crippen LogP contribution in [0.2, 0.25) is 0 Å². The molecular weight excluding hydrogens is 210 g/mol. The second-order valence-corrected chi connectivity index (χ2v) is 5.43. The van der Waals surface area contributed by atoms with E-state index in [1.54, 1.807) is 0 Å². The largest absolute Gasteiger partial charge is 0.310 e. The van der Waals surface area contributed by atoms with Gasteiger partial charge < -0.3 is 5.32 Å². The molecule has 2 rings (SSSR count). The number of nitrogens with zero attached hydrogens (tertiary/aromatic N) is 1. The molecule has 0 aliphatic heterocycles. The molecule has 17 heavy (non-hydrogen) atoms. The fourth-order valence-electron chi connectivity index (χ4n) is 2.93. The van der Waals surface area contributed by atoms with Crippen molar-refractivity contribution in [3.8, 4) is 0 Å². The maximum Gasteiger partial charge on any atom is 0.0638 e. The molecule has 0 spiro atoms. The van der Waals surface area contributed by atoms with Crippen LogP contribution in [0.15, 0.2) is 0 Å². The van der Waals surface area contributed by atoms with Crippen LogP contribution in [0.4, 0.5) is 0 Å². The van der Waals surface area contributed by atoms with Gasteiger partial charge in [-0.15, -0.1) is 0 Å². The van der Waals surface area contributed by atoms with Gasteiger partial charge in [-0.1, -0.05) is 26.2 Å². The van der Waals surface area contributed by atoms with Gasteiger partial charge in [0.2, 0.25) is 0 Å². The zero-order valence-electron chi connectivity index (χ0n) is 11.3. The summed E-state index contributed by atoms with van der Waals surface area (Å²) in [5.74, 6) is 0.938. The van der Waals surface area contributed by atoms with Crippen molar-refractivity contribution >= 4 is 0 Å². The SMILES string of the molecule is CCC1CCCC(NCc2c(C)n[nH]c2C)C1. The lowest BCUT2D eigenvalue weighted by Gasteiger charge is -2.29. The maximum absolute atomic E-state index is 4.25. The van der Waals surface area contributed by atoms with Gasteiger partial charge in [0, 0.05) is 23.8 Å². The normalized spacial score (nSPS) is 25.1. The van der Waals surface area contributed by atoms with E-state index in [9.17, 15) is 0 Å². The minimum atomic E-state index is 0.711. The summed E-state index contributed by atoms with van der Waals surface area (Å²) in [4.78, 5) is 0. The van der Waals surface area contributed by atoms with Gasteiger partial charge in [-0.3, -0.25) is 5.10 Å². The van der Waals surface area contributed by atoms with Crippen LogP contribution in [-0.2, 0) is 6.54 Å². The Kier molecular flexibility index (Phi) is 4.21. The first-order valence-corrected chi connectivity index (χ1v) is 6.94. The summed E-state index contributed by atoms with van der Waals surface area (Å²) >= 11 is 0. The van der Waals surface area contributed by atoms with Gasteiger partial charge in [0.1, 0.15) is 0 Å². The third kappa shape index (κ3) is 3.09. The average molecular weight is 235 g/mol. The molecule has 0 aromatic carbocycles. The second-order valence-electron chi connectivity index (χ2n) is 5.43. The highest BCUT2D eigenvalue weighted by Gasteiger charge is 2.20. The molecular formula is C14H25N3. The fraction of sp³-hybridized carbons (Fsp3) is 0.786. The Balaban J connectivity index is 1.86. The van der Waals surface area contributed by atoms with Gasteiger partial charge in [-0.05, 0) is 32.6 Å². The number of rotatable bonds is 4. The van der Waals surface area contributed by atoms with E-state index in [0.29, 0.717) is 6.04 Å². The van der Waals surface area contributed by atoms with Crippen LogP contribution in [0.5, 0.6) is 0 Å². The van der Waals surface area contributed by atoms with Crippen molar-refractivity contribution in [2.75, 3.05) is 0 Å². The van der Waals surface area contributed by atoms with E-state index in [4.69, 9.17) is 0 Å². The number of H-pyrrole nitrogens is 1. The Morgan fingerprint density at radius 1 is 1.35 bits per heavy atom. The zero-order valence-corrected chi connectivity index (χ0v) is 11.3. The summed E-state index contributed by atoms with van der Waals surface area (Å²) < 4.78 is 0. The van der Waals surface area contributed by atoms with Gasteiger partial charge in [0.15, 0.2) is 0 Å². The lowest BCUT2D eigenvalue weighted by Crippen LogP contribution is -2.33. The summed E-state index contributed by atoms with van der Waals surface area (Å²) in [7, 11) is 0. The number of hydrogen-bond donors (Lipinski definition) is 2. The predicted molar refractivity (Wildman–Crippen MR) is 70.9 cm³/mol. The maximum atomic E-state index is 4.25. The Morgan fingerprint density at radius 3 is 2.82 bits per heavy atom. The van der Waals surface area contributed by atoms with Crippen LogP contribution < -0.4 is 5.32 Å². The molecule has 96 valence electrons. The summed E-state index contributed by atoms with van der Waals surface area (Å²) in [5.41, 5.74) is 3.69. The first-order chi connectivity index (χ1) is 8.20. The van der Waals surface area contributed by atoms with Crippen molar-refractivity contribution in [2.45, 2.75) is 65.5 Å². The van der Waals surface area contributed by atoms with Crippen LogP contribution in [0, 0.1) is 19.8 Å². The molecule has 2 unspecified atom stereocenters. The predicted octanol–water partition coefficient (Wildman–Crippen LogP) is 3.08. The van der Waals surface area contributed by atoms with Gasteiger partial charge in [0.05, 0.1) is 5.69 Å². The molecule has 1 aromatic heterocycles.